The highest BCUT2D eigenvalue weighted by Gasteiger charge is 2.13. The molecule has 0 radical (unpaired) electrons. The van der Waals surface area contributed by atoms with E-state index in [0.29, 0.717) is 11.4 Å². The molecule has 0 spiro atoms. The summed E-state index contributed by atoms with van der Waals surface area (Å²) in [5.74, 6) is -1.62. The molecule has 6 nitrogen and oxygen atoms in total. The topological polar surface area (TPSA) is 83.5 Å². The molecule has 1 heterocycles. The zero-order chi connectivity index (χ0) is 15.9. The number of rotatable bonds is 3. The number of carbonyl (C=O) groups excluding carboxylic acids is 2. The zero-order valence-corrected chi connectivity index (χ0v) is 12.3. The first-order valence-corrected chi connectivity index (χ1v) is 6.68. The van der Waals surface area contributed by atoms with Crippen LogP contribution < -0.4 is 10.7 Å². The first-order valence-electron chi connectivity index (χ1n) is 6.68. The van der Waals surface area contributed by atoms with Gasteiger partial charge >= 0.3 is 11.8 Å². The second kappa shape index (κ2) is 7.12. The fourth-order valence-corrected chi connectivity index (χ4v) is 1.89. The molecule has 0 bridgehead atoms. The number of pyridine rings is 1. The van der Waals surface area contributed by atoms with Crippen molar-refractivity contribution in [2.75, 3.05) is 5.32 Å². The first kappa shape index (κ1) is 15.4. The van der Waals surface area contributed by atoms with Crippen LogP contribution in [0.15, 0.2) is 47.7 Å². The van der Waals surface area contributed by atoms with Gasteiger partial charge in [0.2, 0.25) is 0 Å². The molecule has 112 valence electrons. The highest BCUT2D eigenvalue weighted by molar-refractivity contribution is 6.39. The van der Waals surface area contributed by atoms with Crippen LogP contribution in [0.4, 0.5) is 5.69 Å². The van der Waals surface area contributed by atoms with Gasteiger partial charge in [-0.3, -0.25) is 14.6 Å². The number of carbonyl (C=O) groups is 2. The molecule has 2 rings (SSSR count). The molecule has 2 aromatic rings. The van der Waals surface area contributed by atoms with Crippen LogP contribution in [0.2, 0.25) is 0 Å². The number of aromatic nitrogens is 1. The average molecular weight is 296 g/mol. The third kappa shape index (κ3) is 4.52. The van der Waals surface area contributed by atoms with Gasteiger partial charge in [-0.05, 0) is 49.2 Å². The maximum Gasteiger partial charge on any atom is 0.329 e. The predicted molar refractivity (Wildman–Crippen MR) is 84.5 cm³/mol. The van der Waals surface area contributed by atoms with Gasteiger partial charge in [0.1, 0.15) is 0 Å². The lowest BCUT2D eigenvalue weighted by Gasteiger charge is -2.06. The molecule has 22 heavy (non-hydrogen) atoms. The number of hydrogen-bond donors (Lipinski definition) is 2. The maximum absolute atomic E-state index is 11.8. The maximum atomic E-state index is 11.8. The van der Waals surface area contributed by atoms with Gasteiger partial charge < -0.3 is 5.32 Å². The number of benzene rings is 1. The van der Waals surface area contributed by atoms with E-state index in [1.807, 2.05) is 19.9 Å². The second-order valence-electron chi connectivity index (χ2n) is 4.78. The molecule has 0 unspecified atom stereocenters. The average Bonchev–Trinajstić information content (AvgIpc) is 2.47. The summed E-state index contributed by atoms with van der Waals surface area (Å²) in [7, 11) is 0. The molecule has 2 amide bonds. The van der Waals surface area contributed by atoms with Crippen molar-refractivity contribution in [3.8, 4) is 0 Å². The molecule has 6 heteroatoms. The Morgan fingerprint density at radius 1 is 1.09 bits per heavy atom. The monoisotopic (exact) mass is 296 g/mol. The Balaban J connectivity index is 1.92. The van der Waals surface area contributed by atoms with Gasteiger partial charge in [-0.1, -0.05) is 12.1 Å². The first-order chi connectivity index (χ1) is 10.5. The van der Waals surface area contributed by atoms with Gasteiger partial charge in [0.15, 0.2) is 0 Å². The van der Waals surface area contributed by atoms with Crippen LogP contribution in [0.5, 0.6) is 0 Å². The number of hydrogen-bond acceptors (Lipinski definition) is 4. The standard InChI is InChI=1S/C16H16N4O2/c1-11-7-12(2)9-14(8-11)19-15(21)16(22)20-18-10-13-5-3-4-6-17-13/h3-10H,1-2H3,(H,19,21)(H,20,22)/b18-10-. The Labute approximate surface area is 128 Å². The molecular weight excluding hydrogens is 280 g/mol. The number of amides is 2. The summed E-state index contributed by atoms with van der Waals surface area (Å²) in [6, 6.07) is 10.8. The molecule has 0 aliphatic heterocycles. The summed E-state index contributed by atoms with van der Waals surface area (Å²) in [4.78, 5) is 27.4. The number of anilines is 1. The minimum atomic E-state index is -0.841. The zero-order valence-electron chi connectivity index (χ0n) is 12.3. The summed E-state index contributed by atoms with van der Waals surface area (Å²) in [6.07, 6.45) is 2.97. The van der Waals surface area contributed by atoms with Crippen molar-refractivity contribution in [2.45, 2.75) is 13.8 Å². The number of aryl methyl sites for hydroxylation is 2. The molecule has 1 aromatic heterocycles. The highest BCUT2D eigenvalue weighted by atomic mass is 16.2. The highest BCUT2D eigenvalue weighted by Crippen LogP contribution is 2.13. The summed E-state index contributed by atoms with van der Waals surface area (Å²) in [5.41, 5.74) is 5.32. The Hall–Kier alpha value is -3.02. The molecule has 0 atom stereocenters. The minimum absolute atomic E-state index is 0.575. The molecule has 0 aliphatic rings. The van der Waals surface area contributed by atoms with Crippen LogP contribution in [0.1, 0.15) is 16.8 Å². The number of nitrogens with zero attached hydrogens (tertiary/aromatic N) is 2. The van der Waals surface area contributed by atoms with E-state index in [0.717, 1.165) is 11.1 Å². The van der Waals surface area contributed by atoms with E-state index in [-0.39, 0.29) is 0 Å². The number of hydrazone groups is 1. The van der Waals surface area contributed by atoms with Crippen molar-refractivity contribution in [1.82, 2.24) is 10.4 Å². The molecule has 0 saturated carbocycles. The molecule has 0 saturated heterocycles. The van der Waals surface area contributed by atoms with Gasteiger partial charge in [-0.25, -0.2) is 5.43 Å². The Bertz CT molecular complexity index is 691. The van der Waals surface area contributed by atoms with E-state index < -0.39 is 11.8 Å². The minimum Gasteiger partial charge on any atom is -0.318 e. The summed E-state index contributed by atoms with van der Waals surface area (Å²) < 4.78 is 0. The molecule has 0 aliphatic carbocycles. The number of nitrogens with one attached hydrogen (secondary N) is 2. The third-order valence-electron chi connectivity index (χ3n) is 2.74. The molecule has 0 fully saturated rings. The Morgan fingerprint density at radius 3 is 2.45 bits per heavy atom. The van der Waals surface area contributed by atoms with E-state index in [4.69, 9.17) is 0 Å². The SMILES string of the molecule is Cc1cc(C)cc(NC(=O)C(=O)N/N=C\c2ccccn2)c1. The smallest absolute Gasteiger partial charge is 0.318 e. The van der Waals surface area contributed by atoms with E-state index in [2.05, 4.69) is 20.8 Å². The van der Waals surface area contributed by atoms with E-state index >= 15 is 0 Å². The Morgan fingerprint density at radius 2 is 1.82 bits per heavy atom. The van der Waals surface area contributed by atoms with Crippen LogP contribution in [-0.4, -0.2) is 23.0 Å². The van der Waals surface area contributed by atoms with Crippen molar-refractivity contribution in [3.05, 3.63) is 59.4 Å². The van der Waals surface area contributed by atoms with Crippen molar-refractivity contribution >= 4 is 23.7 Å². The van der Waals surface area contributed by atoms with Crippen LogP contribution >= 0.6 is 0 Å². The lowest BCUT2D eigenvalue weighted by molar-refractivity contribution is -0.136. The van der Waals surface area contributed by atoms with Gasteiger partial charge in [0.05, 0.1) is 11.9 Å². The van der Waals surface area contributed by atoms with Crippen LogP contribution in [0, 0.1) is 13.8 Å². The molecular formula is C16H16N4O2. The molecule has 1 aromatic carbocycles. The van der Waals surface area contributed by atoms with Crippen LogP contribution in [0.3, 0.4) is 0 Å². The van der Waals surface area contributed by atoms with Gasteiger partial charge in [-0.2, -0.15) is 5.10 Å². The summed E-state index contributed by atoms with van der Waals surface area (Å²) >= 11 is 0. The molecule has 2 N–H and O–H groups in total. The fraction of sp³-hybridized carbons (Fsp3) is 0.125. The normalized spacial score (nSPS) is 10.5. The summed E-state index contributed by atoms with van der Waals surface area (Å²) in [5, 5.41) is 6.22. The largest absolute Gasteiger partial charge is 0.329 e. The van der Waals surface area contributed by atoms with Gasteiger partial charge in [0.25, 0.3) is 0 Å². The predicted octanol–water partition coefficient (Wildman–Crippen LogP) is 1.79. The van der Waals surface area contributed by atoms with E-state index in [1.165, 1.54) is 6.21 Å². The van der Waals surface area contributed by atoms with Gasteiger partial charge in [0, 0.05) is 11.9 Å². The second-order valence-corrected chi connectivity index (χ2v) is 4.78. The quantitative estimate of drug-likeness (QED) is 0.514. The van der Waals surface area contributed by atoms with Gasteiger partial charge in [-0.15, -0.1) is 0 Å². The van der Waals surface area contributed by atoms with Crippen molar-refractivity contribution in [2.24, 2.45) is 5.10 Å². The van der Waals surface area contributed by atoms with Crippen LogP contribution in [0.25, 0.3) is 0 Å². The lowest BCUT2D eigenvalue weighted by Crippen LogP contribution is -2.32. The van der Waals surface area contributed by atoms with Crippen molar-refractivity contribution < 1.29 is 9.59 Å². The summed E-state index contributed by atoms with van der Waals surface area (Å²) in [6.45, 7) is 3.83. The van der Waals surface area contributed by atoms with Crippen molar-refractivity contribution in [1.29, 1.82) is 0 Å². The fourth-order valence-electron chi connectivity index (χ4n) is 1.89. The lowest BCUT2D eigenvalue weighted by atomic mass is 10.1. The van der Waals surface area contributed by atoms with E-state index in [1.54, 1.807) is 36.5 Å². The Kier molecular flexibility index (Phi) is 4.98. The van der Waals surface area contributed by atoms with Crippen LogP contribution in [-0.2, 0) is 9.59 Å². The van der Waals surface area contributed by atoms with Crippen molar-refractivity contribution in [3.63, 3.8) is 0 Å². The third-order valence-corrected chi connectivity index (χ3v) is 2.74. The van der Waals surface area contributed by atoms with E-state index in [9.17, 15) is 9.59 Å².